The number of primary amides is 1. The Balaban J connectivity index is 2.13. The molecule has 0 aromatic carbocycles. The summed E-state index contributed by atoms with van der Waals surface area (Å²) in [6.07, 6.45) is 1.40. The van der Waals surface area contributed by atoms with Crippen molar-refractivity contribution in [1.29, 1.82) is 0 Å². The van der Waals surface area contributed by atoms with Crippen LogP contribution in [-0.4, -0.2) is 42.0 Å². The molecule has 3 N–H and O–H groups in total. The van der Waals surface area contributed by atoms with Gasteiger partial charge in [0.1, 0.15) is 0 Å². The topological polar surface area (TPSA) is 88.3 Å². The van der Waals surface area contributed by atoms with Crippen molar-refractivity contribution in [2.45, 2.75) is 12.8 Å². The summed E-state index contributed by atoms with van der Waals surface area (Å²) in [6.45, 7) is 1.27. The quantitative estimate of drug-likeness (QED) is 0.738. The van der Waals surface area contributed by atoms with Gasteiger partial charge in [-0.3, -0.25) is 4.79 Å². The highest BCUT2D eigenvalue weighted by Crippen LogP contribution is 2.22. The number of aromatic nitrogens is 1. The molecule has 1 aliphatic rings. The van der Waals surface area contributed by atoms with E-state index in [4.69, 9.17) is 5.73 Å². The van der Waals surface area contributed by atoms with Crippen LogP contribution >= 0.6 is 11.3 Å². The van der Waals surface area contributed by atoms with Crippen LogP contribution in [0.5, 0.6) is 0 Å². The van der Waals surface area contributed by atoms with Gasteiger partial charge in [-0.15, -0.1) is 11.3 Å². The molecule has 0 bridgehead atoms. The van der Waals surface area contributed by atoms with Gasteiger partial charge in [0.25, 0.3) is 5.91 Å². The predicted molar refractivity (Wildman–Crippen MR) is 64.1 cm³/mol. The second-order valence-electron chi connectivity index (χ2n) is 3.80. The van der Waals surface area contributed by atoms with Gasteiger partial charge < -0.3 is 16.0 Å². The van der Waals surface area contributed by atoms with Crippen molar-refractivity contribution in [3.63, 3.8) is 0 Å². The van der Waals surface area contributed by atoms with Crippen LogP contribution in [0.15, 0.2) is 0 Å². The fraction of sp³-hybridized carbons (Fsp3) is 0.500. The minimum atomic E-state index is -0.480. The molecule has 0 aliphatic carbocycles. The van der Waals surface area contributed by atoms with Crippen LogP contribution in [0.25, 0.3) is 0 Å². The van der Waals surface area contributed by atoms with E-state index >= 15 is 0 Å². The van der Waals surface area contributed by atoms with Gasteiger partial charge in [-0.05, 0) is 0 Å². The maximum Gasteiger partial charge on any atom is 0.317 e. The summed E-state index contributed by atoms with van der Waals surface area (Å²) < 4.78 is 0. The minimum absolute atomic E-state index is 0.0738. The SMILES string of the molecule is CNC(=O)N1CCc2nc(C(N)=O)sc2CC1. The number of thiazole rings is 1. The van der Waals surface area contributed by atoms with Gasteiger partial charge in [0.2, 0.25) is 0 Å². The lowest BCUT2D eigenvalue weighted by Crippen LogP contribution is -2.39. The highest BCUT2D eigenvalue weighted by molar-refractivity contribution is 7.13. The molecule has 0 radical (unpaired) electrons. The van der Waals surface area contributed by atoms with Crippen LogP contribution in [0, 0.1) is 0 Å². The molecular formula is C10H14N4O2S. The van der Waals surface area contributed by atoms with Gasteiger partial charge in [-0.1, -0.05) is 0 Å². The molecule has 7 heteroatoms. The van der Waals surface area contributed by atoms with E-state index in [0.29, 0.717) is 24.5 Å². The third-order valence-electron chi connectivity index (χ3n) is 2.72. The Bertz CT molecular complexity index is 432. The van der Waals surface area contributed by atoms with Crippen LogP contribution in [0.3, 0.4) is 0 Å². The highest BCUT2D eigenvalue weighted by Gasteiger charge is 2.21. The Morgan fingerprint density at radius 1 is 1.41 bits per heavy atom. The van der Waals surface area contributed by atoms with Crippen molar-refractivity contribution in [2.24, 2.45) is 5.73 Å². The summed E-state index contributed by atoms with van der Waals surface area (Å²) in [5.41, 5.74) is 6.09. The molecule has 17 heavy (non-hydrogen) atoms. The molecule has 0 atom stereocenters. The Hall–Kier alpha value is -1.63. The van der Waals surface area contributed by atoms with Crippen molar-refractivity contribution in [2.75, 3.05) is 20.1 Å². The lowest BCUT2D eigenvalue weighted by atomic mass is 10.2. The molecule has 0 saturated carbocycles. The normalized spacial score (nSPS) is 15.0. The van der Waals surface area contributed by atoms with E-state index in [1.165, 1.54) is 11.3 Å². The first kappa shape index (κ1) is 11.8. The number of rotatable bonds is 1. The van der Waals surface area contributed by atoms with Crippen molar-refractivity contribution in [3.05, 3.63) is 15.6 Å². The molecule has 0 fully saturated rings. The molecule has 0 spiro atoms. The summed E-state index contributed by atoms with van der Waals surface area (Å²) in [5.74, 6) is -0.480. The fourth-order valence-corrected chi connectivity index (χ4v) is 2.78. The number of hydrogen-bond acceptors (Lipinski definition) is 4. The first-order valence-electron chi connectivity index (χ1n) is 5.37. The zero-order valence-corrected chi connectivity index (χ0v) is 10.3. The maximum atomic E-state index is 11.5. The molecule has 1 aliphatic heterocycles. The van der Waals surface area contributed by atoms with Crippen molar-refractivity contribution in [3.8, 4) is 0 Å². The summed E-state index contributed by atoms with van der Waals surface area (Å²) in [5, 5.41) is 2.97. The van der Waals surface area contributed by atoms with Gasteiger partial charge in [0.15, 0.2) is 5.01 Å². The summed E-state index contributed by atoms with van der Waals surface area (Å²) in [7, 11) is 1.62. The first-order chi connectivity index (χ1) is 8.11. The number of nitrogens with one attached hydrogen (secondary N) is 1. The van der Waals surface area contributed by atoms with E-state index in [9.17, 15) is 9.59 Å². The molecule has 0 unspecified atom stereocenters. The molecule has 2 heterocycles. The van der Waals surface area contributed by atoms with Gasteiger partial charge in [0.05, 0.1) is 5.69 Å². The maximum absolute atomic E-state index is 11.5. The molecule has 92 valence electrons. The second-order valence-corrected chi connectivity index (χ2v) is 4.88. The van der Waals surface area contributed by atoms with Gasteiger partial charge >= 0.3 is 6.03 Å². The summed E-state index contributed by atoms with van der Waals surface area (Å²) in [4.78, 5) is 29.5. The molecule has 6 nitrogen and oxygen atoms in total. The first-order valence-corrected chi connectivity index (χ1v) is 6.18. The third-order valence-corrected chi connectivity index (χ3v) is 3.89. The Morgan fingerprint density at radius 3 is 2.76 bits per heavy atom. The average Bonchev–Trinajstić information content (AvgIpc) is 2.63. The van der Waals surface area contributed by atoms with Crippen LogP contribution in [-0.2, 0) is 12.8 Å². The van der Waals surface area contributed by atoms with Crippen LogP contribution in [0.2, 0.25) is 0 Å². The standard InChI is InChI=1S/C10H14N4O2S/c1-12-10(16)14-4-2-6-7(3-5-14)17-9(13-6)8(11)15/h2-5H2,1H3,(H2,11,15)(H,12,16). The zero-order chi connectivity index (χ0) is 12.4. The van der Waals surface area contributed by atoms with E-state index in [1.807, 2.05) is 0 Å². The smallest absolute Gasteiger partial charge is 0.317 e. The number of carbonyl (C=O) groups excluding carboxylic acids is 2. The highest BCUT2D eigenvalue weighted by atomic mass is 32.1. The minimum Gasteiger partial charge on any atom is -0.364 e. The van der Waals surface area contributed by atoms with E-state index in [-0.39, 0.29) is 6.03 Å². The molecule has 0 saturated heterocycles. The van der Waals surface area contributed by atoms with Gasteiger partial charge in [0, 0.05) is 37.9 Å². The zero-order valence-electron chi connectivity index (χ0n) is 9.52. The van der Waals surface area contributed by atoms with Gasteiger partial charge in [-0.2, -0.15) is 0 Å². The molecule has 1 aromatic rings. The van der Waals surface area contributed by atoms with Crippen LogP contribution in [0.1, 0.15) is 20.4 Å². The lowest BCUT2D eigenvalue weighted by molar-refractivity contribution is 0.0999. The van der Waals surface area contributed by atoms with Crippen molar-refractivity contribution in [1.82, 2.24) is 15.2 Å². The molecule has 3 amide bonds. The number of carbonyl (C=O) groups is 2. The molecular weight excluding hydrogens is 240 g/mol. The van der Waals surface area contributed by atoms with E-state index in [2.05, 4.69) is 10.3 Å². The predicted octanol–water partition coefficient (Wildman–Crippen LogP) is -0.0180. The van der Waals surface area contributed by atoms with Crippen LogP contribution < -0.4 is 11.1 Å². The summed E-state index contributed by atoms with van der Waals surface area (Å²) >= 11 is 1.33. The Kier molecular flexibility index (Phi) is 3.28. The monoisotopic (exact) mass is 254 g/mol. The third kappa shape index (κ3) is 2.38. The fourth-order valence-electron chi connectivity index (χ4n) is 1.83. The molecule has 2 rings (SSSR count). The average molecular weight is 254 g/mol. The van der Waals surface area contributed by atoms with Crippen LogP contribution in [0.4, 0.5) is 4.79 Å². The molecule has 1 aromatic heterocycles. The number of nitrogens with zero attached hydrogens (tertiary/aromatic N) is 2. The Labute approximate surface area is 103 Å². The van der Waals surface area contributed by atoms with Gasteiger partial charge in [-0.25, -0.2) is 9.78 Å². The number of hydrogen-bond donors (Lipinski definition) is 2. The number of fused-ring (bicyclic) bond motifs is 1. The van der Waals surface area contributed by atoms with E-state index in [0.717, 1.165) is 17.0 Å². The number of amides is 3. The van der Waals surface area contributed by atoms with E-state index in [1.54, 1.807) is 11.9 Å². The van der Waals surface area contributed by atoms with E-state index < -0.39 is 5.91 Å². The number of nitrogens with two attached hydrogens (primary N) is 1. The van der Waals surface area contributed by atoms with Crippen molar-refractivity contribution >= 4 is 23.3 Å². The second kappa shape index (κ2) is 4.70. The largest absolute Gasteiger partial charge is 0.364 e. The number of urea groups is 1. The summed E-state index contributed by atoms with van der Waals surface area (Å²) in [6, 6.07) is -0.0738. The lowest BCUT2D eigenvalue weighted by Gasteiger charge is -2.19. The Morgan fingerprint density at radius 2 is 2.12 bits per heavy atom. The van der Waals surface area contributed by atoms with Crippen molar-refractivity contribution < 1.29 is 9.59 Å².